The van der Waals surface area contributed by atoms with Gasteiger partial charge in [-0.3, -0.25) is 4.79 Å². The third-order valence-electron chi connectivity index (χ3n) is 4.49. The van der Waals surface area contributed by atoms with Crippen LogP contribution < -0.4 is 19.6 Å². The number of nitrogens with one attached hydrogen (secondary N) is 1. The Labute approximate surface area is 206 Å². The molecule has 34 heavy (non-hydrogen) atoms. The Kier molecular flexibility index (Phi) is 9.22. The van der Waals surface area contributed by atoms with E-state index in [0.717, 1.165) is 4.47 Å². The Morgan fingerprint density at radius 3 is 2.65 bits per heavy atom. The summed E-state index contributed by atoms with van der Waals surface area (Å²) < 4.78 is 31.2. The molecule has 1 amide bonds. The van der Waals surface area contributed by atoms with Crippen molar-refractivity contribution in [2.45, 2.75) is 13.5 Å². The monoisotopic (exact) mass is 526 g/mol. The maximum absolute atomic E-state index is 13.4. The summed E-state index contributed by atoms with van der Waals surface area (Å²) in [6, 6.07) is 16.5. The minimum Gasteiger partial charge on any atom is -0.490 e. The third kappa shape index (κ3) is 7.18. The van der Waals surface area contributed by atoms with Gasteiger partial charge in [-0.25, -0.2) is 9.82 Å². The number of hydrogen-bond donors (Lipinski definition) is 1. The topological polar surface area (TPSA) is 69.2 Å². The lowest BCUT2D eigenvalue weighted by Crippen LogP contribution is -2.18. The van der Waals surface area contributed by atoms with Gasteiger partial charge in [0.05, 0.1) is 12.8 Å². The quantitative estimate of drug-likeness (QED) is 0.192. The lowest BCUT2D eigenvalue weighted by atomic mass is 10.2. The average Bonchev–Trinajstić information content (AvgIpc) is 2.83. The highest BCUT2D eigenvalue weighted by Crippen LogP contribution is 2.28. The van der Waals surface area contributed by atoms with Gasteiger partial charge in [0.2, 0.25) is 0 Å². The zero-order valence-corrected chi connectivity index (χ0v) is 20.2. The SMILES string of the molecule is C=CCOc1ccc(C(=O)N/N=C/c2cc(Br)ccc2OCc2cccc(F)c2)cc1OCC. The van der Waals surface area contributed by atoms with Crippen LogP contribution in [0.3, 0.4) is 0 Å². The molecule has 3 aromatic carbocycles. The number of carbonyl (C=O) groups is 1. The Morgan fingerprint density at radius 1 is 1.06 bits per heavy atom. The van der Waals surface area contributed by atoms with Gasteiger partial charge in [0, 0.05) is 15.6 Å². The minimum absolute atomic E-state index is 0.188. The minimum atomic E-state index is -0.412. The smallest absolute Gasteiger partial charge is 0.271 e. The second-order valence-electron chi connectivity index (χ2n) is 6.99. The second-order valence-corrected chi connectivity index (χ2v) is 7.91. The summed E-state index contributed by atoms with van der Waals surface area (Å²) >= 11 is 3.42. The summed E-state index contributed by atoms with van der Waals surface area (Å²) in [7, 11) is 0. The van der Waals surface area contributed by atoms with Crippen LogP contribution in [0.1, 0.15) is 28.4 Å². The lowest BCUT2D eigenvalue weighted by molar-refractivity contribution is 0.0954. The van der Waals surface area contributed by atoms with Crippen molar-refractivity contribution < 1.29 is 23.4 Å². The number of ether oxygens (including phenoxy) is 3. The van der Waals surface area contributed by atoms with E-state index in [1.54, 1.807) is 48.5 Å². The molecule has 0 saturated heterocycles. The number of rotatable bonds is 11. The van der Waals surface area contributed by atoms with Gasteiger partial charge in [-0.15, -0.1) is 0 Å². The Balaban J connectivity index is 1.69. The highest BCUT2D eigenvalue weighted by molar-refractivity contribution is 9.10. The molecular formula is C26H24BrFN2O4. The predicted molar refractivity (Wildman–Crippen MR) is 133 cm³/mol. The molecule has 0 radical (unpaired) electrons. The van der Waals surface area contributed by atoms with E-state index in [-0.39, 0.29) is 12.4 Å². The molecule has 0 aliphatic carbocycles. The number of carbonyl (C=O) groups excluding carboxylic acids is 1. The Morgan fingerprint density at radius 2 is 1.88 bits per heavy atom. The van der Waals surface area contributed by atoms with Crippen molar-refractivity contribution in [3.63, 3.8) is 0 Å². The summed E-state index contributed by atoms with van der Waals surface area (Å²) in [5.74, 6) is 0.781. The van der Waals surface area contributed by atoms with Gasteiger partial charge in [-0.2, -0.15) is 5.10 Å². The van der Waals surface area contributed by atoms with E-state index in [1.807, 2.05) is 13.0 Å². The van der Waals surface area contributed by atoms with Gasteiger partial charge >= 0.3 is 0 Å². The first-order chi connectivity index (χ1) is 16.5. The highest BCUT2D eigenvalue weighted by atomic mass is 79.9. The first kappa shape index (κ1) is 25.0. The molecule has 176 valence electrons. The van der Waals surface area contributed by atoms with Crippen molar-refractivity contribution in [3.8, 4) is 17.2 Å². The third-order valence-corrected chi connectivity index (χ3v) is 4.98. The normalized spacial score (nSPS) is 10.7. The molecule has 0 spiro atoms. The molecule has 8 heteroatoms. The Bertz CT molecular complexity index is 1180. The number of benzene rings is 3. The maximum atomic E-state index is 13.4. The molecule has 0 bridgehead atoms. The van der Waals surface area contributed by atoms with E-state index in [1.165, 1.54) is 18.3 Å². The number of nitrogens with zero attached hydrogens (tertiary/aromatic N) is 1. The van der Waals surface area contributed by atoms with E-state index < -0.39 is 5.91 Å². The zero-order chi connectivity index (χ0) is 24.3. The van der Waals surface area contributed by atoms with Crippen LogP contribution in [0.2, 0.25) is 0 Å². The molecule has 0 atom stereocenters. The maximum Gasteiger partial charge on any atom is 0.271 e. The molecule has 0 fully saturated rings. The summed E-state index contributed by atoms with van der Waals surface area (Å²) in [4.78, 5) is 12.6. The van der Waals surface area contributed by atoms with Crippen molar-refractivity contribution in [1.82, 2.24) is 5.43 Å². The molecule has 0 aromatic heterocycles. The van der Waals surface area contributed by atoms with E-state index in [4.69, 9.17) is 14.2 Å². The molecule has 0 saturated carbocycles. The summed E-state index contributed by atoms with van der Waals surface area (Å²) in [6.45, 7) is 6.41. The molecule has 1 N–H and O–H groups in total. The van der Waals surface area contributed by atoms with Gasteiger partial charge < -0.3 is 14.2 Å². The molecule has 3 aromatic rings. The van der Waals surface area contributed by atoms with E-state index in [2.05, 4.69) is 33.0 Å². The van der Waals surface area contributed by atoms with Crippen molar-refractivity contribution in [2.24, 2.45) is 5.10 Å². The van der Waals surface area contributed by atoms with Crippen LogP contribution in [0, 0.1) is 5.82 Å². The second kappa shape index (κ2) is 12.6. The van der Waals surface area contributed by atoms with E-state index in [9.17, 15) is 9.18 Å². The molecule has 0 aliphatic heterocycles. The number of amides is 1. The van der Waals surface area contributed by atoms with Crippen molar-refractivity contribution in [1.29, 1.82) is 0 Å². The van der Waals surface area contributed by atoms with Crippen molar-refractivity contribution >= 4 is 28.1 Å². The molecule has 0 heterocycles. The molecule has 3 rings (SSSR count). The van der Waals surface area contributed by atoms with Crippen molar-refractivity contribution in [3.05, 3.63) is 100 Å². The van der Waals surface area contributed by atoms with Crippen LogP contribution in [0.5, 0.6) is 17.2 Å². The van der Waals surface area contributed by atoms with Crippen LogP contribution in [0.15, 0.2) is 82.9 Å². The zero-order valence-electron chi connectivity index (χ0n) is 18.6. The first-order valence-electron chi connectivity index (χ1n) is 10.5. The first-order valence-corrected chi connectivity index (χ1v) is 11.3. The average molecular weight is 527 g/mol. The standard InChI is InChI=1S/C26H24BrFN2O4/c1-3-12-33-24-10-8-19(15-25(24)32-4-2)26(31)30-29-16-20-14-21(27)9-11-23(20)34-17-18-6-5-7-22(28)13-18/h3,5-11,13-16H,1,4,12,17H2,2H3,(H,30,31)/b29-16+. The molecule has 0 unspecified atom stereocenters. The summed E-state index contributed by atoms with van der Waals surface area (Å²) in [6.07, 6.45) is 3.11. The number of hydrogen-bond acceptors (Lipinski definition) is 5. The number of halogens is 2. The summed E-state index contributed by atoms with van der Waals surface area (Å²) in [5.41, 5.74) is 4.20. The Hall–Kier alpha value is -3.65. The van der Waals surface area contributed by atoms with Gasteiger partial charge in [0.25, 0.3) is 5.91 Å². The highest BCUT2D eigenvalue weighted by Gasteiger charge is 2.11. The van der Waals surface area contributed by atoms with Gasteiger partial charge in [-0.1, -0.05) is 40.7 Å². The van der Waals surface area contributed by atoms with Gasteiger partial charge in [0.15, 0.2) is 11.5 Å². The number of hydrazone groups is 1. The molecular weight excluding hydrogens is 503 g/mol. The molecule has 0 aliphatic rings. The molecule has 6 nitrogen and oxygen atoms in total. The van der Waals surface area contributed by atoms with Crippen LogP contribution in [-0.2, 0) is 6.61 Å². The fraction of sp³-hybridized carbons (Fsp3) is 0.154. The van der Waals surface area contributed by atoms with Crippen LogP contribution >= 0.6 is 15.9 Å². The van der Waals surface area contributed by atoms with Crippen LogP contribution in [-0.4, -0.2) is 25.3 Å². The fourth-order valence-corrected chi connectivity index (χ4v) is 3.33. The predicted octanol–water partition coefficient (Wildman–Crippen LogP) is 5.89. The van der Waals surface area contributed by atoms with Gasteiger partial charge in [0.1, 0.15) is 24.8 Å². The van der Waals surface area contributed by atoms with Crippen LogP contribution in [0.25, 0.3) is 0 Å². The fourth-order valence-electron chi connectivity index (χ4n) is 2.95. The van der Waals surface area contributed by atoms with Crippen LogP contribution in [0.4, 0.5) is 4.39 Å². The van der Waals surface area contributed by atoms with Crippen molar-refractivity contribution in [2.75, 3.05) is 13.2 Å². The van der Waals surface area contributed by atoms with Gasteiger partial charge in [-0.05, 0) is 61.0 Å². The van der Waals surface area contributed by atoms with E-state index >= 15 is 0 Å². The summed E-state index contributed by atoms with van der Waals surface area (Å²) in [5, 5.41) is 4.07. The largest absolute Gasteiger partial charge is 0.490 e. The van der Waals surface area contributed by atoms with E-state index in [0.29, 0.717) is 47.2 Å². The lowest BCUT2D eigenvalue weighted by Gasteiger charge is -2.12.